The molecule has 3 N–H and O–H groups in total. The normalized spacial score (nSPS) is 11.4. The van der Waals surface area contributed by atoms with Crippen LogP contribution in [0.4, 0.5) is 0 Å². The Kier molecular flexibility index (Phi) is 12.4. The summed E-state index contributed by atoms with van der Waals surface area (Å²) >= 11 is 0. The fourth-order valence-electron chi connectivity index (χ4n) is 3.01. The molecule has 0 aliphatic rings. The molecule has 184 valence electrons. The minimum absolute atomic E-state index is 0. The number of nitrogens with one attached hydrogen (secondary N) is 2. The average molecular weight is 572 g/mol. The summed E-state index contributed by atoms with van der Waals surface area (Å²) in [6, 6.07) is 11.9. The topological polar surface area (TPSA) is 84.3 Å². The number of guanidine groups is 1. The highest BCUT2D eigenvalue weighted by atomic mass is 127. The second-order valence-electron chi connectivity index (χ2n) is 8.43. The van der Waals surface area contributed by atoms with E-state index in [4.69, 9.17) is 24.3 Å². The SMILES string of the molecule is CCNC(=NCc1ccc(OCCO)c(OC)c1)NCc1ccc(C)cc1OC(C)(C)C.I. The average Bonchev–Trinajstić information content (AvgIpc) is 2.74. The maximum Gasteiger partial charge on any atom is 0.191 e. The Morgan fingerprint density at radius 3 is 2.42 bits per heavy atom. The van der Waals surface area contributed by atoms with E-state index in [1.54, 1.807) is 7.11 Å². The minimum atomic E-state index is -0.271. The van der Waals surface area contributed by atoms with Crippen molar-refractivity contribution in [3.05, 3.63) is 53.1 Å². The Hall–Kier alpha value is -2.20. The van der Waals surface area contributed by atoms with E-state index >= 15 is 0 Å². The van der Waals surface area contributed by atoms with E-state index in [2.05, 4.69) is 35.8 Å². The van der Waals surface area contributed by atoms with Crippen LogP contribution in [-0.4, -0.2) is 43.5 Å². The molecule has 0 atom stereocenters. The first kappa shape index (κ1) is 28.8. The van der Waals surface area contributed by atoms with Crippen molar-refractivity contribution in [1.82, 2.24) is 10.6 Å². The number of aliphatic hydroxyl groups excluding tert-OH is 1. The predicted molar refractivity (Wildman–Crippen MR) is 144 cm³/mol. The lowest BCUT2D eigenvalue weighted by Crippen LogP contribution is -2.37. The molecule has 0 heterocycles. The Morgan fingerprint density at radius 2 is 1.79 bits per heavy atom. The molecule has 0 aliphatic carbocycles. The quantitative estimate of drug-likeness (QED) is 0.223. The molecule has 0 aliphatic heterocycles. The number of nitrogens with zero attached hydrogens (tertiary/aromatic N) is 1. The third-order valence-corrected chi connectivity index (χ3v) is 4.43. The fourth-order valence-corrected chi connectivity index (χ4v) is 3.01. The molecule has 33 heavy (non-hydrogen) atoms. The van der Waals surface area contributed by atoms with Gasteiger partial charge in [-0.15, -0.1) is 24.0 Å². The van der Waals surface area contributed by atoms with Crippen LogP contribution in [0.1, 0.15) is 44.4 Å². The number of benzene rings is 2. The zero-order chi connectivity index (χ0) is 23.6. The molecule has 0 spiro atoms. The van der Waals surface area contributed by atoms with Crippen LogP contribution in [0.3, 0.4) is 0 Å². The van der Waals surface area contributed by atoms with Crippen LogP contribution in [0.2, 0.25) is 0 Å². The van der Waals surface area contributed by atoms with Gasteiger partial charge in [-0.3, -0.25) is 0 Å². The van der Waals surface area contributed by atoms with Crippen LogP contribution < -0.4 is 24.8 Å². The molecule has 0 saturated heterocycles. The van der Waals surface area contributed by atoms with Gasteiger partial charge in [0.2, 0.25) is 0 Å². The first-order valence-electron chi connectivity index (χ1n) is 11.0. The lowest BCUT2D eigenvalue weighted by molar-refractivity contribution is 0.129. The molecule has 0 amide bonds. The van der Waals surface area contributed by atoms with Gasteiger partial charge in [-0.1, -0.05) is 18.2 Å². The van der Waals surface area contributed by atoms with E-state index in [-0.39, 0.29) is 42.8 Å². The molecular weight excluding hydrogens is 533 g/mol. The number of hydrogen-bond donors (Lipinski definition) is 3. The molecule has 0 aromatic heterocycles. The lowest BCUT2D eigenvalue weighted by atomic mass is 10.1. The Labute approximate surface area is 215 Å². The first-order chi connectivity index (χ1) is 15.3. The number of methoxy groups -OCH3 is 1. The van der Waals surface area contributed by atoms with Gasteiger partial charge >= 0.3 is 0 Å². The van der Waals surface area contributed by atoms with Crippen molar-refractivity contribution in [3.63, 3.8) is 0 Å². The molecule has 0 fully saturated rings. The van der Waals surface area contributed by atoms with Crippen molar-refractivity contribution in [2.24, 2.45) is 4.99 Å². The number of ether oxygens (including phenoxy) is 3. The highest BCUT2D eigenvalue weighted by Gasteiger charge is 2.15. The van der Waals surface area contributed by atoms with Crippen LogP contribution in [0, 0.1) is 6.92 Å². The lowest BCUT2D eigenvalue weighted by Gasteiger charge is -2.24. The van der Waals surface area contributed by atoms with E-state index in [1.807, 2.05) is 45.9 Å². The predicted octanol–water partition coefficient (Wildman–Crippen LogP) is 4.43. The molecule has 0 radical (unpaired) electrons. The van der Waals surface area contributed by atoms with Gasteiger partial charge in [0, 0.05) is 18.7 Å². The van der Waals surface area contributed by atoms with Gasteiger partial charge in [-0.25, -0.2) is 4.99 Å². The third kappa shape index (κ3) is 10.1. The number of rotatable bonds is 10. The summed E-state index contributed by atoms with van der Waals surface area (Å²) in [7, 11) is 1.60. The van der Waals surface area contributed by atoms with Crippen molar-refractivity contribution in [2.45, 2.75) is 53.3 Å². The fraction of sp³-hybridized carbons (Fsp3) is 0.480. The van der Waals surface area contributed by atoms with Crippen LogP contribution in [0.15, 0.2) is 41.4 Å². The number of aliphatic hydroxyl groups is 1. The second-order valence-corrected chi connectivity index (χ2v) is 8.43. The van der Waals surface area contributed by atoms with Crippen LogP contribution >= 0.6 is 24.0 Å². The largest absolute Gasteiger partial charge is 0.493 e. The number of halogens is 1. The molecule has 2 rings (SSSR count). The number of hydrogen-bond acceptors (Lipinski definition) is 5. The second kappa shape index (κ2) is 14.1. The van der Waals surface area contributed by atoms with Crippen molar-refractivity contribution >= 4 is 29.9 Å². The Bertz CT molecular complexity index is 898. The van der Waals surface area contributed by atoms with Crippen molar-refractivity contribution in [1.29, 1.82) is 0 Å². The summed E-state index contributed by atoms with van der Waals surface area (Å²) in [6.07, 6.45) is 0. The molecule has 2 aromatic carbocycles. The summed E-state index contributed by atoms with van der Waals surface area (Å²) in [5.41, 5.74) is 2.95. The molecular formula is C25H38IN3O4. The molecule has 0 saturated carbocycles. The Morgan fingerprint density at radius 1 is 1.03 bits per heavy atom. The third-order valence-electron chi connectivity index (χ3n) is 4.43. The molecule has 0 unspecified atom stereocenters. The smallest absolute Gasteiger partial charge is 0.191 e. The molecule has 8 heteroatoms. The van der Waals surface area contributed by atoms with Crippen molar-refractivity contribution < 1.29 is 19.3 Å². The van der Waals surface area contributed by atoms with Gasteiger partial charge in [0.05, 0.1) is 20.3 Å². The van der Waals surface area contributed by atoms with Crippen molar-refractivity contribution in [3.8, 4) is 17.2 Å². The summed E-state index contributed by atoms with van der Waals surface area (Å²) in [5, 5.41) is 15.6. The van der Waals surface area contributed by atoms with Gasteiger partial charge in [0.15, 0.2) is 17.5 Å². The van der Waals surface area contributed by atoms with Gasteiger partial charge in [0.25, 0.3) is 0 Å². The van der Waals surface area contributed by atoms with Gasteiger partial charge in [-0.05, 0) is 63.9 Å². The molecule has 7 nitrogen and oxygen atoms in total. The van der Waals surface area contributed by atoms with E-state index in [0.29, 0.717) is 30.5 Å². The van der Waals surface area contributed by atoms with E-state index in [0.717, 1.165) is 29.0 Å². The van der Waals surface area contributed by atoms with Crippen LogP contribution in [0.25, 0.3) is 0 Å². The van der Waals surface area contributed by atoms with E-state index in [1.165, 1.54) is 0 Å². The zero-order valence-electron chi connectivity index (χ0n) is 20.5. The molecule has 2 aromatic rings. The van der Waals surface area contributed by atoms with Gasteiger partial charge < -0.3 is 30.0 Å². The number of aliphatic imine (C=N–C) groups is 1. The summed E-state index contributed by atoms with van der Waals surface area (Å²) in [6.45, 7) is 12.2. The van der Waals surface area contributed by atoms with Crippen LogP contribution in [0.5, 0.6) is 17.2 Å². The highest BCUT2D eigenvalue weighted by Crippen LogP contribution is 2.28. The minimum Gasteiger partial charge on any atom is -0.493 e. The molecule has 0 bridgehead atoms. The van der Waals surface area contributed by atoms with Gasteiger partial charge in [-0.2, -0.15) is 0 Å². The maximum absolute atomic E-state index is 8.96. The zero-order valence-corrected chi connectivity index (χ0v) is 22.9. The summed E-state index contributed by atoms with van der Waals surface area (Å²) < 4.78 is 17.1. The maximum atomic E-state index is 8.96. The highest BCUT2D eigenvalue weighted by molar-refractivity contribution is 14.0. The van der Waals surface area contributed by atoms with Crippen molar-refractivity contribution in [2.75, 3.05) is 26.9 Å². The standard InChI is InChI=1S/C25H37N3O4.HI/c1-7-26-24(27-16-19-9-11-21(31-13-12-29)23(15-19)30-6)28-17-20-10-8-18(2)14-22(20)32-25(3,4)5;/h8-11,14-15,29H,7,12-13,16-17H2,1-6H3,(H2,26,27,28);1H. The Balaban J connectivity index is 0.00000544. The summed E-state index contributed by atoms with van der Waals surface area (Å²) in [4.78, 5) is 4.71. The van der Waals surface area contributed by atoms with E-state index < -0.39 is 0 Å². The number of aryl methyl sites for hydroxylation is 1. The monoisotopic (exact) mass is 571 g/mol. The van der Waals surface area contributed by atoms with E-state index in [9.17, 15) is 0 Å². The summed E-state index contributed by atoms with van der Waals surface area (Å²) in [5.74, 6) is 2.82. The van der Waals surface area contributed by atoms with Gasteiger partial charge in [0.1, 0.15) is 18.0 Å². The van der Waals surface area contributed by atoms with Crippen LogP contribution in [-0.2, 0) is 13.1 Å². The first-order valence-corrected chi connectivity index (χ1v) is 11.0.